The van der Waals surface area contributed by atoms with Crippen molar-refractivity contribution in [2.45, 2.75) is 11.4 Å². The molecule has 1 fully saturated rings. The van der Waals surface area contributed by atoms with Gasteiger partial charge in [-0.05, 0) is 48.0 Å². The fourth-order valence-electron chi connectivity index (χ4n) is 3.90. The minimum absolute atomic E-state index is 0.00773. The third-order valence-electron chi connectivity index (χ3n) is 5.82. The predicted molar refractivity (Wildman–Crippen MR) is 138 cm³/mol. The van der Waals surface area contributed by atoms with E-state index in [0.717, 1.165) is 10.2 Å². The van der Waals surface area contributed by atoms with Gasteiger partial charge in [-0.25, -0.2) is 8.42 Å². The Balaban J connectivity index is 1.52. The molecule has 1 aliphatic rings. The monoisotopic (exact) mass is 561 g/mol. The summed E-state index contributed by atoms with van der Waals surface area (Å²) in [4.78, 5) is 17.3. The first-order valence-corrected chi connectivity index (χ1v) is 13.5. The number of anilines is 1. The van der Waals surface area contributed by atoms with Crippen molar-refractivity contribution in [2.75, 3.05) is 37.6 Å². The first kappa shape index (κ1) is 24.7. The second-order valence-electron chi connectivity index (χ2n) is 8.02. The molecule has 0 bridgehead atoms. The van der Waals surface area contributed by atoms with Gasteiger partial charge in [0.15, 0.2) is 0 Å². The second-order valence-corrected chi connectivity index (χ2v) is 11.3. The van der Waals surface area contributed by atoms with Gasteiger partial charge in [-0.3, -0.25) is 4.79 Å². The molecule has 9 heteroatoms. The summed E-state index contributed by atoms with van der Waals surface area (Å²) in [7, 11) is -3.92. The molecule has 3 aromatic rings. The number of hydrogen-bond acceptors (Lipinski definition) is 4. The van der Waals surface area contributed by atoms with Crippen LogP contribution in [0, 0.1) is 0 Å². The maximum atomic E-state index is 13.5. The molecule has 4 rings (SSSR count). The fourth-order valence-corrected chi connectivity index (χ4v) is 5.73. The van der Waals surface area contributed by atoms with Crippen molar-refractivity contribution < 1.29 is 13.2 Å². The number of amides is 1. The molecular weight excluding hydrogens is 538 g/mol. The summed E-state index contributed by atoms with van der Waals surface area (Å²) >= 11 is 9.65. The summed E-state index contributed by atoms with van der Waals surface area (Å²) in [6, 6.07) is 23.5. The minimum Gasteiger partial charge on any atom is -0.368 e. The van der Waals surface area contributed by atoms with Crippen molar-refractivity contribution in [1.29, 1.82) is 0 Å². The topological polar surface area (TPSA) is 60.9 Å². The third-order valence-corrected chi connectivity index (χ3v) is 8.52. The van der Waals surface area contributed by atoms with Crippen molar-refractivity contribution in [2.24, 2.45) is 0 Å². The number of halogens is 2. The summed E-state index contributed by atoms with van der Waals surface area (Å²) in [5, 5.41) is 0.461. The van der Waals surface area contributed by atoms with Gasteiger partial charge in [-0.2, -0.15) is 4.31 Å². The van der Waals surface area contributed by atoms with E-state index in [9.17, 15) is 13.2 Å². The Bertz CT molecular complexity index is 1230. The van der Waals surface area contributed by atoms with Crippen LogP contribution in [0.1, 0.15) is 5.56 Å². The van der Waals surface area contributed by atoms with Crippen LogP contribution in [-0.4, -0.2) is 56.3 Å². The molecule has 0 aliphatic carbocycles. The zero-order valence-electron chi connectivity index (χ0n) is 18.5. The van der Waals surface area contributed by atoms with Gasteiger partial charge < -0.3 is 9.80 Å². The minimum atomic E-state index is -3.92. The Kier molecular flexibility index (Phi) is 7.93. The molecule has 3 aromatic carbocycles. The quantitative estimate of drug-likeness (QED) is 0.421. The van der Waals surface area contributed by atoms with Crippen LogP contribution in [0.25, 0.3) is 0 Å². The lowest BCUT2D eigenvalue weighted by Crippen LogP contribution is -2.51. The van der Waals surface area contributed by atoms with Crippen LogP contribution in [0.3, 0.4) is 0 Å². The van der Waals surface area contributed by atoms with E-state index < -0.39 is 10.0 Å². The average molecular weight is 563 g/mol. The van der Waals surface area contributed by atoms with Crippen LogP contribution in [0.4, 0.5) is 5.69 Å². The molecule has 0 N–H and O–H groups in total. The Hall–Kier alpha value is -2.39. The first-order chi connectivity index (χ1) is 16.3. The highest BCUT2D eigenvalue weighted by atomic mass is 79.9. The summed E-state index contributed by atoms with van der Waals surface area (Å²) in [5.74, 6) is -0.222. The predicted octanol–water partition coefficient (Wildman–Crippen LogP) is 4.64. The van der Waals surface area contributed by atoms with Gasteiger partial charge in [0, 0.05) is 47.9 Å². The normalized spacial score (nSPS) is 14.4. The molecule has 178 valence electrons. The second kappa shape index (κ2) is 10.9. The van der Waals surface area contributed by atoms with Gasteiger partial charge in [0.1, 0.15) is 0 Å². The van der Waals surface area contributed by atoms with Crippen LogP contribution >= 0.6 is 27.5 Å². The number of piperazine rings is 1. The lowest BCUT2D eigenvalue weighted by Gasteiger charge is -2.37. The molecule has 6 nitrogen and oxygen atoms in total. The number of carbonyl (C=O) groups is 1. The van der Waals surface area contributed by atoms with E-state index in [1.165, 1.54) is 16.4 Å². The molecule has 0 aromatic heterocycles. The van der Waals surface area contributed by atoms with Gasteiger partial charge in [0.05, 0.1) is 11.4 Å². The molecule has 1 amide bonds. The molecule has 34 heavy (non-hydrogen) atoms. The van der Waals surface area contributed by atoms with E-state index >= 15 is 0 Å². The highest BCUT2D eigenvalue weighted by molar-refractivity contribution is 9.10. The Morgan fingerprint density at radius 3 is 2.15 bits per heavy atom. The number of carbonyl (C=O) groups excluding carboxylic acids is 1. The van der Waals surface area contributed by atoms with E-state index in [-0.39, 0.29) is 23.9 Å². The maximum Gasteiger partial charge on any atom is 0.243 e. The molecular formula is C25H25BrClN3O3S. The fraction of sp³-hybridized carbons (Fsp3) is 0.240. The first-order valence-electron chi connectivity index (χ1n) is 10.9. The number of sulfonamides is 1. The number of hydrogen-bond donors (Lipinski definition) is 0. The van der Waals surface area contributed by atoms with E-state index in [4.69, 9.17) is 11.6 Å². The summed E-state index contributed by atoms with van der Waals surface area (Å²) in [6.45, 7) is 2.21. The van der Waals surface area contributed by atoms with Crippen LogP contribution in [0.5, 0.6) is 0 Å². The molecule has 0 saturated carbocycles. The summed E-state index contributed by atoms with van der Waals surface area (Å²) in [5.41, 5.74) is 1.76. The Morgan fingerprint density at radius 1 is 0.882 bits per heavy atom. The van der Waals surface area contributed by atoms with E-state index in [2.05, 4.69) is 20.8 Å². The van der Waals surface area contributed by atoms with Gasteiger partial charge in [-0.15, -0.1) is 0 Å². The van der Waals surface area contributed by atoms with Crippen LogP contribution in [0.15, 0.2) is 88.2 Å². The van der Waals surface area contributed by atoms with Gasteiger partial charge in [0.25, 0.3) is 0 Å². The number of rotatable bonds is 7. The SMILES string of the molecule is O=C(CN(Cc1ccccc1Cl)S(=O)(=O)c1ccc(Br)cc1)N1CCN(c2ccccc2)CC1. The summed E-state index contributed by atoms with van der Waals surface area (Å²) < 4.78 is 29.0. The molecule has 1 heterocycles. The largest absolute Gasteiger partial charge is 0.368 e. The maximum absolute atomic E-state index is 13.5. The number of para-hydroxylation sites is 1. The zero-order chi connectivity index (χ0) is 24.1. The van der Waals surface area contributed by atoms with Crippen LogP contribution < -0.4 is 4.90 Å². The highest BCUT2D eigenvalue weighted by Crippen LogP contribution is 2.24. The average Bonchev–Trinajstić information content (AvgIpc) is 2.85. The smallest absolute Gasteiger partial charge is 0.243 e. The van der Waals surface area contributed by atoms with E-state index in [0.29, 0.717) is 36.8 Å². The van der Waals surface area contributed by atoms with Crippen molar-refractivity contribution >= 4 is 49.1 Å². The van der Waals surface area contributed by atoms with Gasteiger partial charge >= 0.3 is 0 Å². The van der Waals surface area contributed by atoms with Gasteiger partial charge in [-0.1, -0.05) is 63.9 Å². The number of nitrogens with zero attached hydrogens (tertiary/aromatic N) is 3. The molecule has 0 unspecified atom stereocenters. The lowest BCUT2D eigenvalue weighted by atomic mass is 10.2. The highest BCUT2D eigenvalue weighted by Gasteiger charge is 2.30. The van der Waals surface area contributed by atoms with Crippen molar-refractivity contribution in [3.8, 4) is 0 Å². The van der Waals surface area contributed by atoms with Crippen molar-refractivity contribution in [3.05, 3.63) is 93.9 Å². The molecule has 1 saturated heterocycles. The molecule has 0 atom stereocenters. The zero-order valence-corrected chi connectivity index (χ0v) is 21.6. The van der Waals surface area contributed by atoms with Crippen LogP contribution in [0.2, 0.25) is 5.02 Å². The van der Waals surface area contributed by atoms with Crippen molar-refractivity contribution in [1.82, 2.24) is 9.21 Å². The lowest BCUT2D eigenvalue weighted by molar-refractivity contribution is -0.131. The van der Waals surface area contributed by atoms with E-state index in [1.807, 2.05) is 30.3 Å². The Labute approximate surface area is 213 Å². The number of benzene rings is 3. The molecule has 1 aliphatic heterocycles. The van der Waals surface area contributed by atoms with Crippen molar-refractivity contribution in [3.63, 3.8) is 0 Å². The summed E-state index contributed by atoms with van der Waals surface area (Å²) in [6.07, 6.45) is 0. The molecule has 0 radical (unpaired) electrons. The third kappa shape index (κ3) is 5.81. The standard InChI is InChI=1S/C25H25BrClN3O3S/c26-21-10-12-23(13-11-21)34(32,33)30(18-20-6-4-5-9-24(20)27)19-25(31)29-16-14-28(15-17-29)22-7-2-1-3-8-22/h1-13H,14-19H2. The van der Waals surface area contributed by atoms with Gasteiger partial charge in [0.2, 0.25) is 15.9 Å². The molecule has 0 spiro atoms. The van der Waals surface area contributed by atoms with Crippen LogP contribution in [-0.2, 0) is 21.4 Å². The Morgan fingerprint density at radius 2 is 1.50 bits per heavy atom. The van der Waals surface area contributed by atoms with E-state index in [1.54, 1.807) is 41.3 Å².